The molecule has 1 saturated carbocycles. The first-order valence-electron chi connectivity index (χ1n) is 12.6. The Morgan fingerprint density at radius 1 is 1.00 bits per heavy atom. The molecule has 2 aliphatic rings. The van der Waals surface area contributed by atoms with Crippen LogP contribution in [-0.2, 0) is 25.9 Å². The van der Waals surface area contributed by atoms with Gasteiger partial charge in [0.05, 0.1) is 24.2 Å². The van der Waals surface area contributed by atoms with Gasteiger partial charge >= 0.3 is 12.4 Å². The van der Waals surface area contributed by atoms with Crippen LogP contribution in [0.25, 0.3) is 0 Å². The lowest BCUT2D eigenvalue weighted by Crippen LogP contribution is -2.31. The van der Waals surface area contributed by atoms with Crippen LogP contribution < -0.4 is 9.80 Å². The summed E-state index contributed by atoms with van der Waals surface area (Å²) in [5.74, 6) is 0.602. The third-order valence-electron chi connectivity index (χ3n) is 7.23. The molecule has 0 spiro atoms. The molecule has 1 atom stereocenters. The van der Waals surface area contributed by atoms with Gasteiger partial charge in [-0.15, -0.1) is 5.10 Å². The average Bonchev–Trinajstić information content (AvgIpc) is 3.58. The number of tetrazole rings is 1. The normalized spacial score (nSPS) is 18.2. The van der Waals surface area contributed by atoms with Crippen molar-refractivity contribution < 1.29 is 26.3 Å². The van der Waals surface area contributed by atoms with Crippen LogP contribution in [0.15, 0.2) is 30.3 Å². The van der Waals surface area contributed by atoms with Gasteiger partial charge in [-0.3, -0.25) is 0 Å². The predicted octanol–water partition coefficient (Wildman–Crippen LogP) is 6.97. The molecule has 2 heterocycles. The molecule has 1 fully saturated rings. The van der Waals surface area contributed by atoms with Crippen LogP contribution in [0.5, 0.6) is 0 Å². The third kappa shape index (κ3) is 6.10. The maximum atomic E-state index is 13.9. The largest absolute Gasteiger partial charge is 0.416 e. The van der Waals surface area contributed by atoms with Crippen LogP contribution >= 0.6 is 11.6 Å². The summed E-state index contributed by atoms with van der Waals surface area (Å²) < 4.78 is 82.4. The molecule has 39 heavy (non-hydrogen) atoms. The first-order valence-corrected chi connectivity index (χ1v) is 13.0. The number of nitrogens with zero attached hydrogens (tertiary/aromatic N) is 6. The van der Waals surface area contributed by atoms with Crippen molar-refractivity contribution in [2.24, 2.45) is 13.0 Å². The van der Waals surface area contributed by atoms with E-state index in [2.05, 4.69) is 15.4 Å². The zero-order valence-corrected chi connectivity index (χ0v) is 22.1. The van der Waals surface area contributed by atoms with E-state index in [9.17, 15) is 26.3 Å². The fraction of sp³-hybridized carbons (Fsp3) is 0.500. The van der Waals surface area contributed by atoms with Crippen molar-refractivity contribution in [3.63, 3.8) is 0 Å². The molecule has 3 aromatic rings. The van der Waals surface area contributed by atoms with Gasteiger partial charge in [0.15, 0.2) is 0 Å². The summed E-state index contributed by atoms with van der Waals surface area (Å²) in [4.78, 5) is 4.96. The second-order valence-electron chi connectivity index (χ2n) is 10.3. The zero-order valence-electron chi connectivity index (χ0n) is 21.3. The SMILES string of the molecule is Cc1cc2c(cc1C(F)(F)F)N(CC1CC1)CCC[C@@H]2N(Cc1cc(Cl)cc(C(F)(F)F)c1)c1nnn(C)n1. The number of aryl methyl sites for hydroxylation is 2. The molecule has 0 N–H and O–H groups in total. The second-order valence-corrected chi connectivity index (χ2v) is 10.8. The van der Waals surface area contributed by atoms with Crippen LogP contribution in [-0.4, -0.2) is 33.3 Å². The molecular weight excluding hydrogens is 546 g/mol. The van der Waals surface area contributed by atoms with Crippen molar-refractivity contribution in [1.82, 2.24) is 20.2 Å². The van der Waals surface area contributed by atoms with Crippen LogP contribution in [0.3, 0.4) is 0 Å². The Balaban J connectivity index is 1.63. The number of benzene rings is 2. The molecule has 0 amide bonds. The lowest BCUT2D eigenvalue weighted by molar-refractivity contribution is -0.138. The number of fused-ring (bicyclic) bond motifs is 1. The monoisotopic (exact) mass is 572 g/mol. The van der Waals surface area contributed by atoms with Gasteiger partial charge in [-0.2, -0.15) is 31.1 Å². The van der Waals surface area contributed by atoms with Crippen LogP contribution in [0.4, 0.5) is 38.0 Å². The molecule has 1 aliphatic heterocycles. The molecule has 0 saturated heterocycles. The van der Waals surface area contributed by atoms with Crippen LogP contribution in [0.1, 0.15) is 59.5 Å². The average molecular weight is 573 g/mol. The van der Waals surface area contributed by atoms with E-state index >= 15 is 0 Å². The Morgan fingerprint density at radius 3 is 2.36 bits per heavy atom. The highest BCUT2D eigenvalue weighted by Gasteiger charge is 2.38. The summed E-state index contributed by atoms with van der Waals surface area (Å²) in [6.07, 6.45) is -5.85. The first-order chi connectivity index (χ1) is 18.3. The number of hydrogen-bond donors (Lipinski definition) is 0. The van der Waals surface area contributed by atoms with Crippen molar-refractivity contribution in [3.8, 4) is 0 Å². The highest BCUT2D eigenvalue weighted by atomic mass is 35.5. The molecule has 0 bridgehead atoms. The van der Waals surface area contributed by atoms with E-state index in [0.29, 0.717) is 43.1 Å². The first kappa shape index (κ1) is 27.5. The number of aromatic nitrogens is 4. The highest BCUT2D eigenvalue weighted by Crippen LogP contribution is 2.45. The van der Waals surface area contributed by atoms with Gasteiger partial charge in [0.1, 0.15) is 0 Å². The minimum Gasteiger partial charge on any atom is -0.371 e. The maximum Gasteiger partial charge on any atom is 0.416 e. The summed E-state index contributed by atoms with van der Waals surface area (Å²) in [5.41, 5.74) is -0.0983. The van der Waals surface area contributed by atoms with Gasteiger partial charge < -0.3 is 9.80 Å². The highest BCUT2D eigenvalue weighted by molar-refractivity contribution is 6.30. The van der Waals surface area contributed by atoms with E-state index in [-0.39, 0.29) is 28.6 Å². The summed E-state index contributed by atoms with van der Waals surface area (Å²) in [6.45, 7) is 2.60. The number of rotatable bonds is 6. The van der Waals surface area contributed by atoms with E-state index in [1.54, 1.807) is 18.0 Å². The van der Waals surface area contributed by atoms with Crippen molar-refractivity contribution >= 4 is 23.2 Å². The molecule has 2 aromatic carbocycles. The van der Waals surface area contributed by atoms with Gasteiger partial charge in [-0.05, 0) is 84.7 Å². The van der Waals surface area contributed by atoms with Gasteiger partial charge in [-0.25, -0.2) is 0 Å². The Morgan fingerprint density at radius 2 is 1.74 bits per heavy atom. The molecule has 0 unspecified atom stereocenters. The number of halogens is 7. The van der Waals surface area contributed by atoms with E-state index in [1.807, 2.05) is 4.90 Å². The Hall–Kier alpha value is -3.02. The lowest BCUT2D eigenvalue weighted by atomic mass is 9.94. The zero-order chi connectivity index (χ0) is 28.1. The number of alkyl halides is 6. The molecular formula is C26H27ClF6N6. The van der Waals surface area contributed by atoms with Crippen molar-refractivity contribution in [2.75, 3.05) is 22.9 Å². The second kappa shape index (κ2) is 10.2. The standard InChI is InChI=1S/C26H27ClF6N6/c1-15-8-20-22(4-3-7-38(13-16-5-6-16)23(20)12-21(15)26(31,32)33)39(24-34-36-37(2)35-24)14-17-9-18(25(28,29)30)11-19(27)10-17/h8-12,16,22H,3-7,13-14H2,1-2H3/t22-/m0/s1. The maximum absolute atomic E-state index is 13.9. The van der Waals surface area contributed by atoms with Gasteiger partial charge in [0, 0.05) is 30.3 Å². The minimum atomic E-state index is -4.60. The molecule has 0 radical (unpaired) electrons. The Bertz CT molecular complexity index is 1350. The summed E-state index contributed by atoms with van der Waals surface area (Å²) in [6, 6.07) is 5.57. The predicted molar refractivity (Wildman–Crippen MR) is 135 cm³/mol. The molecule has 13 heteroatoms. The van der Waals surface area contributed by atoms with Crippen LogP contribution in [0, 0.1) is 12.8 Å². The lowest BCUT2D eigenvalue weighted by Gasteiger charge is -2.33. The van der Waals surface area contributed by atoms with E-state index < -0.39 is 29.5 Å². The van der Waals surface area contributed by atoms with Gasteiger partial charge in [0.25, 0.3) is 5.95 Å². The summed E-state index contributed by atoms with van der Waals surface area (Å²) >= 11 is 6.06. The van der Waals surface area contributed by atoms with E-state index in [0.717, 1.165) is 25.0 Å². The summed E-state index contributed by atoms with van der Waals surface area (Å²) in [7, 11) is 1.56. The van der Waals surface area contributed by atoms with Crippen LogP contribution in [0.2, 0.25) is 5.02 Å². The quantitative estimate of drug-likeness (QED) is 0.299. The number of hydrogen-bond acceptors (Lipinski definition) is 5. The van der Waals surface area contributed by atoms with Crippen molar-refractivity contribution in [2.45, 2.75) is 57.5 Å². The molecule has 5 rings (SSSR count). The molecule has 1 aliphatic carbocycles. The van der Waals surface area contributed by atoms with Crippen molar-refractivity contribution in [3.05, 3.63) is 63.2 Å². The Kier molecular flexibility index (Phi) is 7.19. The smallest absolute Gasteiger partial charge is 0.371 e. The van der Waals surface area contributed by atoms with E-state index in [4.69, 9.17) is 11.6 Å². The fourth-order valence-electron chi connectivity index (χ4n) is 5.25. The molecule has 1 aromatic heterocycles. The minimum absolute atomic E-state index is 0.0534. The molecule has 6 nitrogen and oxygen atoms in total. The van der Waals surface area contributed by atoms with Gasteiger partial charge in [-0.1, -0.05) is 22.8 Å². The third-order valence-corrected chi connectivity index (χ3v) is 7.45. The number of anilines is 2. The summed E-state index contributed by atoms with van der Waals surface area (Å²) in [5, 5.41) is 12.3. The topological polar surface area (TPSA) is 50.1 Å². The van der Waals surface area contributed by atoms with Gasteiger partial charge in [0.2, 0.25) is 0 Å². The fourth-order valence-corrected chi connectivity index (χ4v) is 5.51. The molecule has 210 valence electrons. The van der Waals surface area contributed by atoms with Crippen molar-refractivity contribution in [1.29, 1.82) is 0 Å². The van der Waals surface area contributed by atoms with E-state index in [1.165, 1.54) is 23.9 Å². The Labute approximate surface area is 226 Å².